The van der Waals surface area contributed by atoms with Crippen LogP contribution in [0.3, 0.4) is 0 Å². The third-order valence-corrected chi connectivity index (χ3v) is 5.92. The Morgan fingerprint density at radius 2 is 2.04 bits per heavy atom. The number of hydrogen-bond donors (Lipinski definition) is 0. The second-order valence-corrected chi connectivity index (χ2v) is 7.39. The maximum Gasteiger partial charge on any atom is 0.257 e. The van der Waals surface area contributed by atoms with Crippen LogP contribution in [-0.4, -0.2) is 43.1 Å². The average molecular weight is 343 g/mol. The van der Waals surface area contributed by atoms with Gasteiger partial charge < -0.3 is 4.90 Å². The molecule has 0 atom stereocenters. The van der Waals surface area contributed by atoms with Gasteiger partial charge in [-0.05, 0) is 26.7 Å². The lowest BCUT2D eigenvalue weighted by Gasteiger charge is -2.31. The average Bonchev–Trinajstić information content (AvgIpc) is 3.26. The van der Waals surface area contributed by atoms with Crippen LogP contribution in [0.15, 0.2) is 17.8 Å². The van der Waals surface area contributed by atoms with E-state index < -0.39 is 0 Å². The lowest BCUT2D eigenvalue weighted by molar-refractivity contribution is 0.0712. The number of aryl methyl sites for hydroxylation is 3. The standard InChI is InChI=1S/C17H21N5OS/c1-11-10-24-17-15(19-12(2)22(11)17)13-4-6-21(7-5-13)16(23)14-8-18-20(3)9-14/h8-10,13H,4-7H2,1-3H3. The molecule has 0 unspecified atom stereocenters. The van der Waals surface area contributed by atoms with Crippen LogP contribution in [0.4, 0.5) is 0 Å². The highest BCUT2D eigenvalue weighted by molar-refractivity contribution is 7.15. The van der Waals surface area contributed by atoms with E-state index in [2.05, 4.69) is 28.7 Å². The first-order valence-electron chi connectivity index (χ1n) is 8.25. The molecule has 0 aromatic carbocycles. The molecule has 1 fully saturated rings. The van der Waals surface area contributed by atoms with Crippen LogP contribution in [0.5, 0.6) is 0 Å². The van der Waals surface area contributed by atoms with Crippen LogP contribution < -0.4 is 0 Å². The minimum absolute atomic E-state index is 0.0830. The number of hydrogen-bond acceptors (Lipinski definition) is 4. The SMILES string of the molecule is Cc1csc2c(C3CCN(C(=O)c4cnn(C)c4)CC3)nc(C)n12. The third-order valence-electron chi connectivity index (χ3n) is 4.84. The fraction of sp³-hybridized carbons (Fsp3) is 0.471. The summed E-state index contributed by atoms with van der Waals surface area (Å²) in [6, 6.07) is 0. The van der Waals surface area contributed by atoms with Crippen molar-refractivity contribution in [2.75, 3.05) is 13.1 Å². The van der Waals surface area contributed by atoms with Crippen LogP contribution in [0.2, 0.25) is 0 Å². The molecule has 1 saturated heterocycles. The number of carbonyl (C=O) groups excluding carboxylic acids is 1. The van der Waals surface area contributed by atoms with Gasteiger partial charge in [-0.3, -0.25) is 13.9 Å². The van der Waals surface area contributed by atoms with Crippen LogP contribution >= 0.6 is 11.3 Å². The molecule has 3 aromatic rings. The van der Waals surface area contributed by atoms with Gasteiger partial charge in [0.1, 0.15) is 10.7 Å². The number of thiazole rings is 1. The highest BCUT2D eigenvalue weighted by atomic mass is 32.1. The van der Waals surface area contributed by atoms with Gasteiger partial charge in [0.15, 0.2) is 0 Å². The maximum absolute atomic E-state index is 12.5. The fourth-order valence-electron chi connectivity index (χ4n) is 3.59. The van der Waals surface area contributed by atoms with Crippen molar-refractivity contribution in [3.05, 3.63) is 40.5 Å². The minimum Gasteiger partial charge on any atom is -0.339 e. The van der Waals surface area contributed by atoms with Crippen molar-refractivity contribution in [1.82, 2.24) is 24.1 Å². The molecule has 0 radical (unpaired) electrons. The van der Waals surface area contributed by atoms with Crippen LogP contribution in [-0.2, 0) is 7.05 Å². The lowest BCUT2D eigenvalue weighted by Crippen LogP contribution is -2.37. The quantitative estimate of drug-likeness (QED) is 0.719. The third kappa shape index (κ3) is 2.43. The molecule has 0 bridgehead atoms. The summed E-state index contributed by atoms with van der Waals surface area (Å²) in [5, 5.41) is 6.28. The smallest absolute Gasteiger partial charge is 0.257 e. The van der Waals surface area contributed by atoms with E-state index in [1.165, 1.54) is 16.2 Å². The Morgan fingerprint density at radius 3 is 2.71 bits per heavy atom. The zero-order valence-corrected chi connectivity index (χ0v) is 15.0. The molecule has 6 nitrogen and oxygen atoms in total. The predicted molar refractivity (Wildman–Crippen MR) is 93.6 cm³/mol. The number of rotatable bonds is 2. The summed E-state index contributed by atoms with van der Waals surface area (Å²) in [5.41, 5.74) is 3.12. The Bertz CT molecular complexity index is 898. The van der Waals surface area contributed by atoms with Gasteiger partial charge in [0, 0.05) is 43.3 Å². The molecular weight excluding hydrogens is 322 g/mol. The van der Waals surface area contributed by atoms with Crippen LogP contribution in [0.1, 0.15) is 46.3 Å². The van der Waals surface area contributed by atoms with E-state index in [0.717, 1.165) is 31.8 Å². The fourth-order valence-corrected chi connectivity index (χ4v) is 4.69. The summed E-state index contributed by atoms with van der Waals surface area (Å²) in [7, 11) is 1.83. The van der Waals surface area contributed by atoms with Crippen molar-refractivity contribution in [2.24, 2.45) is 7.05 Å². The Hall–Kier alpha value is -2.15. The number of carbonyl (C=O) groups is 1. The molecule has 1 aliphatic heterocycles. The molecule has 0 N–H and O–H groups in total. The monoisotopic (exact) mass is 343 g/mol. The molecule has 3 aromatic heterocycles. The number of fused-ring (bicyclic) bond motifs is 1. The van der Waals surface area contributed by atoms with E-state index in [1.807, 2.05) is 11.9 Å². The van der Waals surface area contributed by atoms with E-state index >= 15 is 0 Å². The Labute approximate surface area is 144 Å². The lowest BCUT2D eigenvalue weighted by atomic mass is 9.93. The molecule has 0 aliphatic carbocycles. The zero-order chi connectivity index (χ0) is 16.8. The van der Waals surface area contributed by atoms with Crippen LogP contribution in [0.25, 0.3) is 4.83 Å². The van der Waals surface area contributed by atoms with Gasteiger partial charge >= 0.3 is 0 Å². The highest BCUT2D eigenvalue weighted by Crippen LogP contribution is 2.34. The summed E-state index contributed by atoms with van der Waals surface area (Å²) in [4.78, 5) is 20.6. The molecule has 4 heterocycles. The number of imidazole rings is 1. The topological polar surface area (TPSA) is 55.4 Å². The Balaban J connectivity index is 1.50. The van der Waals surface area contributed by atoms with Gasteiger partial charge in [-0.25, -0.2) is 4.98 Å². The summed E-state index contributed by atoms with van der Waals surface area (Å²) in [6.45, 7) is 5.75. The Morgan fingerprint density at radius 1 is 1.29 bits per heavy atom. The van der Waals surface area contributed by atoms with E-state index in [0.29, 0.717) is 11.5 Å². The highest BCUT2D eigenvalue weighted by Gasteiger charge is 2.28. The first-order chi connectivity index (χ1) is 11.5. The van der Waals surface area contributed by atoms with Crippen molar-refractivity contribution in [1.29, 1.82) is 0 Å². The van der Waals surface area contributed by atoms with Crippen molar-refractivity contribution in [2.45, 2.75) is 32.6 Å². The molecule has 1 aliphatic rings. The van der Waals surface area contributed by atoms with Crippen molar-refractivity contribution in [3.63, 3.8) is 0 Å². The van der Waals surface area contributed by atoms with Crippen molar-refractivity contribution in [3.8, 4) is 0 Å². The minimum atomic E-state index is 0.0830. The second-order valence-electron chi connectivity index (χ2n) is 6.53. The molecule has 7 heteroatoms. The van der Waals surface area contributed by atoms with Crippen molar-refractivity contribution >= 4 is 22.1 Å². The van der Waals surface area contributed by atoms with Gasteiger partial charge in [0.05, 0.1) is 17.5 Å². The number of nitrogens with zero attached hydrogens (tertiary/aromatic N) is 5. The molecule has 126 valence electrons. The summed E-state index contributed by atoms with van der Waals surface area (Å²) < 4.78 is 3.91. The largest absolute Gasteiger partial charge is 0.339 e. The van der Waals surface area contributed by atoms with E-state index in [1.54, 1.807) is 28.4 Å². The van der Waals surface area contributed by atoms with Crippen LogP contribution in [0, 0.1) is 13.8 Å². The second kappa shape index (κ2) is 5.73. The first-order valence-corrected chi connectivity index (χ1v) is 9.13. The Kier molecular flexibility index (Phi) is 3.68. The van der Waals surface area contributed by atoms with E-state index in [4.69, 9.17) is 4.98 Å². The van der Waals surface area contributed by atoms with E-state index in [9.17, 15) is 4.79 Å². The van der Waals surface area contributed by atoms with Gasteiger partial charge in [-0.2, -0.15) is 5.10 Å². The molecule has 0 saturated carbocycles. The molecule has 24 heavy (non-hydrogen) atoms. The first kappa shape index (κ1) is 15.4. The normalized spacial score (nSPS) is 16.2. The summed E-state index contributed by atoms with van der Waals surface area (Å²) in [5.74, 6) is 1.58. The molecule has 1 amide bonds. The van der Waals surface area contributed by atoms with Gasteiger partial charge in [0.25, 0.3) is 5.91 Å². The molecule has 4 rings (SSSR count). The molecular formula is C17H21N5OS. The number of amides is 1. The number of piperidine rings is 1. The summed E-state index contributed by atoms with van der Waals surface area (Å²) in [6.07, 6.45) is 5.36. The predicted octanol–water partition coefficient (Wildman–Crippen LogP) is 2.77. The molecule has 0 spiro atoms. The summed E-state index contributed by atoms with van der Waals surface area (Å²) >= 11 is 1.77. The van der Waals surface area contributed by atoms with Crippen molar-refractivity contribution < 1.29 is 4.79 Å². The van der Waals surface area contributed by atoms with Gasteiger partial charge in [-0.1, -0.05) is 0 Å². The maximum atomic E-state index is 12.5. The van der Waals surface area contributed by atoms with Gasteiger partial charge in [0.2, 0.25) is 0 Å². The number of likely N-dealkylation sites (tertiary alicyclic amines) is 1. The number of aromatic nitrogens is 4. The van der Waals surface area contributed by atoms with Gasteiger partial charge in [-0.15, -0.1) is 11.3 Å². The zero-order valence-electron chi connectivity index (χ0n) is 14.2. The van der Waals surface area contributed by atoms with E-state index in [-0.39, 0.29) is 5.91 Å².